The Kier molecular flexibility index (Phi) is 4.88. The van der Waals surface area contributed by atoms with Crippen LogP contribution in [0.1, 0.15) is 39.5 Å². The maximum absolute atomic E-state index is 11.3. The van der Waals surface area contributed by atoms with Gasteiger partial charge in [-0.05, 0) is 18.8 Å². The highest BCUT2D eigenvalue weighted by Gasteiger charge is 2.17. The number of carbonyl (C=O) groups is 1. The summed E-state index contributed by atoms with van der Waals surface area (Å²) in [4.78, 5) is 11.3. The molecule has 80 valence electrons. The quantitative estimate of drug-likeness (QED) is 0.356. The smallest absolute Gasteiger partial charge is 0.133 e. The number of rotatable bonds is 7. The Morgan fingerprint density at radius 1 is 1.57 bits per heavy atom. The Bertz CT molecular complexity index is 202. The number of ether oxygens (including phenoxy) is 1. The van der Waals surface area contributed by atoms with Crippen molar-refractivity contribution >= 4 is 5.78 Å². The van der Waals surface area contributed by atoms with Gasteiger partial charge in [0, 0.05) is 12.8 Å². The monoisotopic (exact) mass is 196 g/mol. The van der Waals surface area contributed by atoms with Gasteiger partial charge in [0.05, 0.1) is 12.7 Å². The molecule has 1 aliphatic rings. The number of hydrogen-bond acceptors (Lipinski definition) is 2. The normalized spacial score (nSPS) is 20.6. The number of carbonyl (C=O) groups excluding carboxylic acids is 1. The van der Waals surface area contributed by atoms with E-state index in [2.05, 4.69) is 26.0 Å². The zero-order chi connectivity index (χ0) is 10.4. The first kappa shape index (κ1) is 11.4. The first-order valence-corrected chi connectivity index (χ1v) is 5.48. The van der Waals surface area contributed by atoms with Crippen molar-refractivity contribution in [1.82, 2.24) is 0 Å². The zero-order valence-corrected chi connectivity index (χ0v) is 9.16. The first-order valence-electron chi connectivity index (χ1n) is 5.48. The summed E-state index contributed by atoms with van der Waals surface area (Å²) in [6, 6.07) is 0. The fourth-order valence-corrected chi connectivity index (χ4v) is 1.39. The van der Waals surface area contributed by atoms with Crippen LogP contribution in [0.2, 0.25) is 0 Å². The summed E-state index contributed by atoms with van der Waals surface area (Å²) in [7, 11) is 0. The fraction of sp³-hybridized carbons (Fsp3) is 0.750. The second-order valence-corrected chi connectivity index (χ2v) is 4.33. The predicted octanol–water partition coefficient (Wildman–Crippen LogP) is 2.73. The van der Waals surface area contributed by atoms with Gasteiger partial charge in [-0.15, -0.1) is 0 Å². The molecular weight excluding hydrogens is 176 g/mol. The van der Waals surface area contributed by atoms with Gasteiger partial charge in [0.2, 0.25) is 0 Å². The molecule has 1 atom stereocenters. The van der Waals surface area contributed by atoms with Crippen molar-refractivity contribution in [3.63, 3.8) is 0 Å². The van der Waals surface area contributed by atoms with Gasteiger partial charge in [-0.3, -0.25) is 4.79 Å². The van der Waals surface area contributed by atoms with E-state index in [0.29, 0.717) is 17.8 Å². The molecule has 0 radical (unpaired) electrons. The van der Waals surface area contributed by atoms with E-state index in [1.54, 1.807) is 0 Å². The third-order valence-electron chi connectivity index (χ3n) is 2.17. The highest BCUT2D eigenvalue weighted by atomic mass is 16.6. The van der Waals surface area contributed by atoms with Crippen LogP contribution in [-0.2, 0) is 9.53 Å². The van der Waals surface area contributed by atoms with Gasteiger partial charge in [0.25, 0.3) is 0 Å². The molecule has 14 heavy (non-hydrogen) atoms. The lowest BCUT2D eigenvalue weighted by Crippen LogP contribution is -2.01. The van der Waals surface area contributed by atoms with E-state index < -0.39 is 0 Å². The number of epoxide rings is 1. The topological polar surface area (TPSA) is 29.6 Å². The molecule has 0 aromatic heterocycles. The van der Waals surface area contributed by atoms with Crippen molar-refractivity contribution < 1.29 is 9.53 Å². The van der Waals surface area contributed by atoms with E-state index in [-0.39, 0.29) is 0 Å². The summed E-state index contributed by atoms with van der Waals surface area (Å²) in [5.74, 6) is 0.897. The van der Waals surface area contributed by atoms with Crippen molar-refractivity contribution in [2.24, 2.45) is 5.92 Å². The molecule has 0 bridgehead atoms. The highest BCUT2D eigenvalue weighted by Crippen LogP contribution is 2.11. The van der Waals surface area contributed by atoms with Gasteiger partial charge in [-0.2, -0.15) is 0 Å². The molecule has 1 rings (SSSR count). The van der Waals surface area contributed by atoms with Crippen LogP contribution in [-0.4, -0.2) is 18.5 Å². The zero-order valence-electron chi connectivity index (χ0n) is 9.16. The van der Waals surface area contributed by atoms with Crippen LogP contribution in [0.4, 0.5) is 0 Å². The number of hydrogen-bond donors (Lipinski definition) is 0. The Morgan fingerprint density at radius 2 is 2.29 bits per heavy atom. The lowest BCUT2D eigenvalue weighted by Gasteiger charge is -2.01. The van der Waals surface area contributed by atoms with Crippen LogP contribution in [0.25, 0.3) is 0 Å². The second-order valence-electron chi connectivity index (χ2n) is 4.33. The largest absolute Gasteiger partial charge is 0.369 e. The number of Topliss-reactive ketones (excluding diaryl/α,β-unsaturated/α-hetero) is 1. The number of unbranched alkanes of at least 4 members (excludes halogenated alkanes) is 1. The minimum Gasteiger partial charge on any atom is -0.369 e. The molecule has 0 aromatic rings. The maximum Gasteiger partial charge on any atom is 0.133 e. The molecule has 1 aliphatic heterocycles. The van der Waals surface area contributed by atoms with E-state index in [9.17, 15) is 4.79 Å². The molecule has 0 aliphatic carbocycles. The van der Waals surface area contributed by atoms with E-state index >= 15 is 0 Å². The van der Waals surface area contributed by atoms with Gasteiger partial charge >= 0.3 is 0 Å². The van der Waals surface area contributed by atoms with Crippen LogP contribution in [0.15, 0.2) is 12.2 Å². The molecular formula is C12H20O2. The predicted molar refractivity (Wildman–Crippen MR) is 57.2 cm³/mol. The molecule has 0 aromatic carbocycles. The summed E-state index contributed by atoms with van der Waals surface area (Å²) >= 11 is 0. The number of allylic oxidation sites excluding steroid dienone is 1. The molecule has 2 nitrogen and oxygen atoms in total. The van der Waals surface area contributed by atoms with Gasteiger partial charge in [0.1, 0.15) is 5.78 Å². The molecule has 0 unspecified atom stereocenters. The van der Waals surface area contributed by atoms with E-state index in [1.807, 2.05) is 0 Å². The summed E-state index contributed by atoms with van der Waals surface area (Å²) in [6.45, 7) is 5.05. The third kappa shape index (κ3) is 5.92. The molecule has 0 saturated carbocycles. The third-order valence-corrected chi connectivity index (χ3v) is 2.17. The first-order chi connectivity index (χ1) is 6.68. The van der Waals surface area contributed by atoms with E-state index in [4.69, 9.17) is 4.74 Å². The Hall–Kier alpha value is -0.630. The Morgan fingerprint density at radius 3 is 2.86 bits per heavy atom. The number of ketones is 1. The van der Waals surface area contributed by atoms with Crippen LogP contribution in [0, 0.1) is 5.92 Å². The lowest BCUT2D eigenvalue weighted by molar-refractivity contribution is -0.119. The van der Waals surface area contributed by atoms with Crippen molar-refractivity contribution in [3.8, 4) is 0 Å². The Labute approximate surface area is 86.3 Å². The van der Waals surface area contributed by atoms with Crippen LogP contribution < -0.4 is 0 Å². The summed E-state index contributed by atoms with van der Waals surface area (Å²) in [5, 5.41) is 0. The van der Waals surface area contributed by atoms with Gasteiger partial charge in [-0.25, -0.2) is 0 Å². The maximum atomic E-state index is 11.3. The van der Waals surface area contributed by atoms with Gasteiger partial charge in [-0.1, -0.05) is 26.0 Å². The van der Waals surface area contributed by atoms with E-state index in [0.717, 1.165) is 32.3 Å². The fourth-order valence-electron chi connectivity index (χ4n) is 1.39. The van der Waals surface area contributed by atoms with Crippen LogP contribution in [0.5, 0.6) is 0 Å². The molecule has 0 spiro atoms. The molecule has 1 saturated heterocycles. The molecule has 0 amide bonds. The van der Waals surface area contributed by atoms with Crippen LogP contribution in [0.3, 0.4) is 0 Å². The minimum atomic E-state index is 0.376. The summed E-state index contributed by atoms with van der Waals surface area (Å²) in [5.41, 5.74) is 0. The van der Waals surface area contributed by atoms with Gasteiger partial charge in [0.15, 0.2) is 0 Å². The van der Waals surface area contributed by atoms with Crippen molar-refractivity contribution in [2.45, 2.75) is 45.6 Å². The Balaban J connectivity index is 1.94. The minimum absolute atomic E-state index is 0.376. The summed E-state index contributed by atoms with van der Waals surface area (Å²) < 4.78 is 5.04. The SMILES string of the molecule is CC(C)CC(=O)CCC/C=C\[C@@H]1CO1. The van der Waals surface area contributed by atoms with Crippen molar-refractivity contribution in [2.75, 3.05) is 6.61 Å². The van der Waals surface area contributed by atoms with Gasteiger partial charge < -0.3 is 4.74 Å². The molecule has 1 fully saturated rings. The standard InChI is InChI=1S/C12H20O2/c1-10(2)8-11(13)6-4-3-5-7-12-9-14-12/h5,7,10,12H,3-4,6,8-9H2,1-2H3/b7-5-/t12-/m1/s1. The highest BCUT2D eigenvalue weighted by molar-refractivity contribution is 5.78. The average Bonchev–Trinajstić information content (AvgIpc) is 2.86. The van der Waals surface area contributed by atoms with E-state index in [1.165, 1.54) is 0 Å². The van der Waals surface area contributed by atoms with Crippen molar-refractivity contribution in [1.29, 1.82) is 0 Å². The second kappa shape index (κ2) is 5.97. The summed E-state index contributed by atoms with van der Waals surface area (Å²) in [6.07, 6.45) is 8.04. The molecule has 2 heteroatoms. The lowest BCUT2D eigenvalue weighted by atomic mass is 10.0. The van der Waals surface area contributed by atoms with Crippen LogP contribution >= 0.6 is 0 Å². The van der Waals surface area contributed by atoms with Crippen molar-refractivity contribution in [3.05, 3.63) is 12.2 Å². The molecule has 1 heterocycles. The molecule has 0 N–H and O–H groups in total. The average molecular weight is 196 g/mol.